The molecule has 102 valence electrons. The Labute approximate surface area is 111 Å². The number of carbonyl (C=O) groups is 1. The maximum Gasteiger partial charge on any atom is 0.314 e. The third kappa shape index (κ3) is 2.33. The summed E-state index contributed by atoms with van der Waals surface area (Å²) in [5.41, 5.74) is 0.959. The molecule has 0 saturated heterocycles. The van der Waals surface area contributed by atoms with Gasteiger partial charge in [0, 0.05) is 0 Å². The number of nitrogens with zero attached hydrogens (tertiary/aromatic N) is 1. The Morgan fingerprint density at radius 1 is 1.47 bits per heavy atom. The zero-order chi connectivity index (χ0) is 14.2. The minimum absolute atomic E-state index is 0.0342. The van der Waals surface area contributed by atoms with Crippen LogP contribution in [0.3, 0.4) is 0 Å². The van der Waals surface area contributed by atoms with Gasteiger partial charge in [-0.1, -0.05) is 19.1 Å². The second-order valence-corrected chi connectivity index (χ2v) is 5.87. The zero-order valence-corrected chi connectivity index (χ0v) is 11.4. The quantitative estimate of drug-likeness (QED) is 0.878. The number of nitrogens with one attached hydrogen (secondary N) is 1. The average Bonchev–Trinajstić information content (AvgIpc) is 2.27. The number of fused-ring (bicyclic) bond motifs is 1. The highest BCUT2D eigenvalue weighted by molar-refractivity contribution is 7.90. The summed E-state index contributed by atoms with van der Waals surface area (Å²) in [6, 6.07) is 4.98. The van der Waals surface area contributed by atoms with Gasteiger partial charge in [0.05, 0.1) is 5.69 Å². The van der Waals surface area contributed by atoms with E-state index in [0.717, 1.165) is 0 Å². The minimum atomic E-state index is -3.85. The third-order valence-corrected chi connectivity index (χ3v) is 4.48. The van der Waals surface area contributed by atoms with Gasteiger partial charge in [-0.05, 0) is 25.0 Å². The number of carboxylic acid groups (broad SMARTS) is 1. The number of aliphatic carboxylic acids is 1. The van der Waals surface area contributed by atoms with Crippen LogP contribution < -0.4 is 5.32 Å². The molecule has 19 heavy (non-hydrogen) atoms. The Bertz CT molecular complexity index is 664. The van der Waals surface area contributed by atoms with Crippen molar-refractivity contribution in [3.63, 3.8) is 0 Å². The van der Waals surface area contributed by atoms with E-state index in [0.29, 0.717) is 11.3 Å². The first kappa shape index (κ1) is 13.5. The number of hydrogen-bond acceptors (Lipinski definition) is 4. The number of sulfonamides is 1. The molecule has 2 N–H and O–H groups in total. The van der Waals surface area contributed by atoms with Crippen molar-refractivity contribution in [2.45, 2.75) is 25.2 Å². The minimum Gasteiger partial charge on any atom is -0.481 e. The predicted molar refractivity (Wildman–Crippen MR) is 70.8 cm³/mol. The van der Waals surface area contributed by atoms with Crippen molar-refractivity contribution in [1.29, 1.82) is 0 Å². The number of amidine groups is 1. The van der Waals surface area contributed by atoms with Crippen LogP contribution in [0.2, 0.25) is 0 Å². The van der Waals surface area contributed by atoms with Crippen LogP contribution in [-0.4, -0.2) is 25.3 Å². The van der Waals surface area contributed by atoms with E-state index in [9.17, 15) is 13.2 Å². The molecule has 1 unspecified atom stereocenters. The molecule has 0 spiro atoms. The topological polar surface area (TPSA) is 95.8 Å². The number of benzene rings is 1. The van der Waals surface area contributed by atoms with E-state index < -0.39 is 21.9 Å². The molecule has 0 fully saturated rings. The van der Waals surface area contributed by atoms with Gasteiger partial charge in [0.2, 0.25) is 0 Å². The molecule has 0 saturated carbocycles. The molecule has 7 heteroatoms. The van der Waals surface area contributed by atoms with E-state index in [1.165, 1.54) is 0 Å². The van der Waals surface area contributed by atoms with Crippen LogP contribution in [0.5, 0.6) is 0 Å². The molecule has 2 rings (SSSR count). The Morgan fingerprint density at radius 2 is 2.16 bits per heavy atom. The SMILES string of the molecule is CCC(C(=O)O)C1=NS(=O)(=O)c2c(C)cccc2N1. The predicted octanol–water partition coefficient (Wildman–Crippen LogP) is 1.62. The summed E-state index contributed by atoms with van der Waals surface area (Å²) in [6.45, 7) is 3.34. The van der Waals surface area contributed by atoms with Gasteiger partial charge in [0.25, 0.3) is 10.0 Å². The van der Waals surface area contributed by atoms with E-state index in [4.69, 9.17) is 5.11 Å². The summed E-state index contributed by atoms with van der Waals surface area (Å²) in [6.07, 6.45) is 0.262. The maximum absolute atomic E-state index is 12.1. The number of aryl methyl sites for hydroxylation is 1. The Morgan fingerprint density at radius 3 is 2.74 bits per heavy atom. The fourth-order valence-electron chi connectivity index (χ4n) is 2.06. The van der Waals surface area contributed by atoms with Crippen molar-refractivity contribution >= 4 is 27.5 Å². The second-order valence-electron chi connectivity index (χ2n) is 4.33. The molecule has 0 radical (unpaired) electrons. The van der Waals surface area contributed by atoms with Crippen LogP contribution >= 0.6 is 0 Å². The van der Waals surface area contributed by atoms with Crippen LogP contribution in [0, 0.1) is 12.8 Å². The largest absolute Gasteiger partial charge is 0.481 e. The molecular weight excluding hydrogens is 268 g/mol. The van der Waals surface area contributed by atoms with Gasteiger partial charge in [0.15, 0.2) is 0 Å². The van der Waals surface area contributed by atoms with Gasteiger partial charge in [0.1, 0.15) is 16.6 Å². The molecule has 0 aromatic heterocycles. The lowest BCUT2D eigenvalue weighted by Crippen LogP contribution is -2.33. The standard InChI is InChI=1S/C12H14N2O4S/c1-3-8(12(15)16)11-13-9-6-4-5-7(2)10(9)19(17,18)14-11/h4-6,8H,3H2,1-2H3,(H,13,14)(H,15,16). The molecule has 1 aromatic carbocycles. The highest BCUT2D eigenvalue weighted by Gasteiger charge is 2.32. The van der Waals surface area contributed by atoms with E-state index in [2.05, 4.69) is 9.71 Å². The number of carboxylic acids is 1. The summed E-state index contributed by atoms with van der Waals surface area (Å²) in [5.74, 6) is -2.09. The normalized spacial score (nSPS) is 17.9. The van der Waals surface area contributed by atoms with E-state index >= 15 is 0 Å². The number of hydrogen-bond donors (Lipinski definition) is 2. The van der Waals surface area contributed by atoms with Gasteiger partial charge in [-0.2, -0.15) is 8.42 Å². The highest BCUT2D eigenvalue weighted by Crippen LogP contribution is 2.31. The molecule has 0 amide bonds. The van der Waals surface area contributed by atoms with Crippen LogP contribution in [-0.2, 0) is 14.8 Å². The molecule has 1 heterocycles. The van der Waals surface area contributed by atoms with Gasteiger partial charge in [-0.15, -0.1) is 4.40 Å². The van der Waals surface area contributed by atoms with Crippen LogP contribution in [0.15, 0.2) is 27.5 Å². The van der Waals surface area contributed by atoms with Crippen molar-refractivity contribution in [3.05, 3.63) is 23.8 Å². The van der Waals surface area contributed by atoms with E-state index in [1.807, 2.05) is 0 Å². The van der Waals surface area contributed by atoms with Crippen LogP contribution in [0.25, 0.3) is 0 Å². The average molecular weight is 282 g/mol. The molecule has 0 bridgehead atoms. The molecule has 1 aliphatic rings. The van der Waals surface area contributed by atoms with Gasteiger partial charge < -0.3 is 10.4 Å². The summed E-state index contributed by atoms with van der Waals surface area (Å²) >= 11 is 0. The smallest absolute Gasteiger partial charge is 0.314 e. The van der Waals surface area contributed by atoms with Crippen molar-refractivity contribution < 1.29 is 18.3 Å². The van der Waals surface area contributed by atoms with Gasteiger partial charge in [-0.3, -0.25) is 4.79 Å². The first-order valence-corrected chi connectivity index (χ1v) is 7.25. The molecule has 0 aliphatic carbocycles. The van der Waals surface area contributed by atoms with Gasteiger partial charge >= 0.3 is 5.97 Å². The highest BCUT2D eigenvalue weighted by atomic mass is 32.2. The Hall–Kier alpha value is -1.89. The maximum atomic E-state index is 12.1. The van der Waals surface area contributed by atoms with E-state index in [1.54, 1.807) is 32.0 Å². The van der Waals surface area contributed by atoms with Crippen LogP contribution in [0.4, 0.5) is 5.69 Å². The fraction of sp³-hybridized carbons (Fsp3) is 0.333. The monoisotopic (exact) mass is 282 g/mol. The van der Waals surface area contributed by atoms with Crippen molar-refractivity contribution in [3.8, 4) is 0 Å². The van der Waals surface area contributed by atoms with Crippen molar-refractivity contribution in [2.24, 2.45) is 10.3 Å². The third-order valence-electron chi connectivity index (χ3n) is 2.99. The molecule has 1 aromatic rings. The van der Waals surface area contributed by atoms with Gasteiger partial charge in [-0.25, -0.2) is 0 Å². The van der Waals surface area contributed by atoms with Crippen molar-refractivity contribution in [2.75, 3.05) is 5.32 Å². The molecule has 6 nitrogen and oxygen atoms in total. The summed E-state index contributed by atoms with van der Waals surface area (Å²) in [5, 5.41) is 11.9. The lowest BCUT2D eigenvalue weighted by Gasteiger charge is -2.22. The summed E-state index contributed by atoms with van der Waals surface area (Å²) < 4.78 is 27.9. The van der Waals surface area contributed by atoms with E-state index in [-0.39, 0.29) is 17.2 Å². The second kappa shape index (κ2) is 4.65. The number of rotatable bonds is 3. The Balaban J connectivity index is 2.57. The fourth-order valence-corrected chi connectivity index (χ4v) is 3.46. The molecular formula is C12H14N2O4S. The summed E-state index contributed by atoms with van der Waals surface area (Å²) in [4.78, 5) is 11.2. The Kier molecular flexibility index (Phi) is 3.32. The number of anilines is 1. The summed E-state index contributed by atoms with van der Waals surface area (Å²) in [7, 11) is -3.85. The first-order valence-electron chi connectivity index (χ1n) is 5.81. The first-order chi connectivity index (χ1) is 8.86. The lowest BCUT2D eigenvalue weighted by molar-refractivity contribution is -0.139. The molecule has 1 atom stereocenters. The lowest BCUT2D eigenvalue weighted by atomic mass is 10.1. The molecule has 1 aliphatic heterocycles. The van der Waals surface area contributed by atoms with Crippen molar-refractivity contribution in [1.82, 2.24) is 0 Å². The zero-order valence-electron chi connectivity index (χ0n) is 10.5. The van der Waals surface area contributed by atoms with Crippen LogP contribution in [0.1, 0.15) is 18.9 Å².